The number of amides is 1. The molecular formula is C24H32N4O3. The number of likely N-dealkylation sites (tertiary alicyclic amines) is 1. The van der Waals surface area contributed by atoms with E-state index in [-0.39, 0.29) is 29.6 Å². The number of piperidine rings is 1. The molecule has 7 nitrogen and oxygen atoms in total. The van der Waals surface area contributed by atoms with Gasteiger partial charge in [-0.15, -0.1) is 0 Å². The van der Waals surface area contributed by atoms with Crippen molar-refractivity contribution >= 4 is 5.91 Å². The molecule has 0 unspecified atom stereocenters. The van der Waals surface area contributed by atoms with Crippen molar-refractivity contribution in [3.63, 3.8) is 0 Å². The first kappa shape index (κ1) is 20.7. The zero-order valence-electron chi connectivity index (χ0n) is 18.2. The van der Waals surface area contributed by atoms with Crippen LogP contribution in [0.15, 0.2) is 36.5 Å². The Hall–Kier alpha value is -2.22. The third kappa shape index (κ3) is 3.79. The molecule has 1 aromatic carbocycles. The summed E-state index contributed by atoms with van der Waals surface area (Å²) in [5.41, 5.74) is 9.23. The Kier molecular flexibility index (Phi) is 5.58. The highest BCUT2D eigenvalue weighted by Gasteiger charge is 2.45. The first-order valence-electron chi connectivity index (χ1n) is 11.5. The zero-order chi connectivity index (χ0) is 21.4. The number of carbonyl (C=O) groups excluding carboxylic acids is 1. The molecule has 1 aliphatic carbocycles. The lowest BCUT2D eigenvalue weighted by atomic mass is 9.81. The summed E-state index contributed by atoms with van der Waals surface area (Å²) in [4.78, 5) is 15.2. The highest BCUT2D eigenvalue weighted by atomic mass is 16.5. The molecule has 2 aliphatic heterocycles. The van der Waals surface area contributed by atoms with Gasteiger partial charge in [0.1, 0.15) is 5.60 Å². The van der Waals surface area contributed by atoms with Crippen molar-refractivity contribution in [1.82, 2.24) is 14.7 Å². The standard InChI is InChI=1S/C24H32N4O3/c1-30-21-8-7-17(15-20(21)25)23(29)27-12-10-24(11-13-27)22-18(9-14-31-24)16-28(26-22)19-5-3-2-4-6-19/h2-6,16-17,20-21H,7-15,25H2,1H3/t17-,20+,21+/m0/s1. The van der Waals surface area contributed by atoms with Crippen LogP contribution >= 0.6 is 0 Å². The van der Waals surface area contributed by atoms with Gasteiger partial charge in [0.2, 0.25) is 5.91 Å². The molecule has 3 heterocycles. The minimum Gasteiger partial charge on any atom is -0.380 e. The second-order valence-electron chi connectivity index (χ2n) is 9.15. The van der Waals surface area contributed by atoms with E-state index in [4.69, 9.17) is 20.3 Å². The van der Waals surface area contributed by atoms with Crippen LogP contribution in [0.4, 0.5) is 0 Å². The fourth-order valence-electron chi connectivity index (χ4n) is 5.54. The maximum absolute atomic E-state index is 13.2. The van der Waals surface area contributed by atoms with E-state index >= 15 is 0 Å². The van der Waals surface area contributed by atoms with Crippen molar-refractivity contribution in [3.05, 3.63) is 47.8 Å². The number of carbonyl (C=O) groups is 1. The molecule has 5 rings (SSSR count). The number of ether oxygens (including phenoxy) is 2. The number of rotatable bonds is 3. The lowest BCUT2D eigenvalue weighted by molar-refractivity contribution is -0.147. The molecule has 2 N–H and O–H groups in total. The van der Waals surface area contributed by atoms with Gasteiger partial charge in [-0.05, 0) is 56.2 Å². The summed E-state index contributed by atoms with van der Waals surface area (Å²) in [6, 6.07) is 10.1. The van der Waals surface area contributed by atoms with Crippen LogP contribution in [-0.4, -0.2) is 59.5 Å². The zero-order valence-corrected chi connectivity index (χ0v) is 18.2. The third-order valence-corrected chi connectivity index (χ3v) is 7.36. The number of methoxy groups -OCH3 is 1. The Morgan fingerprint density at radius 3 is 2.71 bits per heavy atom. The van der Waals surface area contributed by atoms with Gasteiger partial charge in [-0.25, -0.2) is 4.68 Å². The SMILES string of the molecule is CO[C@@H]1CC[C@H](C(=O)N2CCC3(CC2)OCCc2cn(-c4ccccc4)nc23)C[C@H]1N. The van der Waals surface area contributed by atoms with Gasteiger partial charge in [0.05, 0.1) is 24.1 Å². The highest BCUT2D eigenvalue weighted by molar-refractivity contribution is 5.79. The average molecular weight is 425 g/mol. The molecule has 1 saturated heterocycles. The van der Waals surface area contributed by atoms with Crippen LogP contribution in [0.2, 0.25) is 0 Å². The van der Waals surface area contributed by atoms with Crippen molar-refractivity contribution in [3.8, 4) is 5.69 Å². The Balaban J connectivity index is 1.29. The molecule has 7 heteroatoms. The topological polar surface area (TPSA) is 82.6 Å². The van der Waals surface area contributed by atoms with Crippen LogP contribution in [-0.2, 0) is 26.3 Å². The number of para-hydroxylation sites is 1. The normalized spacial score (nSPS) is 27.8. The molecule has 1 spiro atoms. The molecule has 3 atom stereocenters. The summed E-state index contributed by atoms with van der Waals surface area (Å²) >= 11 is 0. The summed E-state index contributed by atoms with van der Waals surface area (Å²) in [6.45, 7) is 2.11. The number of hydrogen-bond acceptors (Lipinski definition) is 5. The van der Waals surface area contributed by atoms with E-state index in [1.807, 2.05) is 27.8 Å². The summed E-state index contributed by atoms with van der Waals surface area (Å²) in [7, 11) is 1.70. The van der Waals surface area contributed by atoms with Crippen LogP contribution in [0.3, 0.4) is 0 Å². The van der Waals surface area contributed by atoms with Crippen molar-refractivity contribution in [1.29, 1.82) is 0 Å². The van der Waals surface area contributed by atoms with Crippen LogP contribution in [0.1, 0.15) is 43.4 Å². The molecule has 1 aromatic heterocycles. The summed E-state index contributed by atoms with van der Waals surface area (Å²) in [6.07, 6.45) is 7.09. The molecule has 0 bridgehead atoms. The Bertz CT molecular complexity index is 920. The van der Waals surface area contributed by atoms with Crippen LogP contribution in [0.25, 0.3) is 5.69 Å². The molecule has 3 aliphatic rings. The lowest BCUT2D eigenvalue weighted by Crippen LogP contribution is -2.52. The number of benzene rings is 1. The molecule has 2 aromatic rings. The fourth-order valence-corrected chi connectivity index (χ4v) is 5.54. The first-order chi connectivity index (χ1) is 15.1. The van der Waals surface area contributed by atoms with Gasteiger partial charge in [-0.2, -0.15) is 5.10 Å². The maximum Gasteiger partial charge on any atom is 0.225 e. The molecule has 1 amide bonds. The van der Waals surface area contributed by atoms with Crippen molar-refractivity contribution in [2.75, 3.05) is 26.8 Å². The largest absolute Gasteiger partial charge is 0.380 e. The molecule has 1 saturated carbocycles. The first-order valence-corrected chi connectivity index (χ1v) is 11.5. The second kappa shape index (κ2) is 8.37. The summed E-state index contributed by atoms with van der Waals surface area (Å²) < 4.78 is 13.8. The van der Waals surface area contributed by atoms with Crippen molar-refractivity contribution in [2.45, 2.75) is 56.3 Å². The van der Waals surface area contributed by atoms with E-state index in [1.165, 1.54) is 5.56 Å². The van der Waals surface area contributed by atoms with E-state index < -0.39 is 0 Å². The quantitative estimate of drug-likeness (QED) is 0.818. The predicted octanol–water partition coefficient (Wildman–Crippen LogP) is 2.41. The van der Waals surface area contributed by atoms with Gasteiger partial charge in [0.15, 0.2) is 0 Å². The van der Waals surface area contributed by atoms with Crippen molar-refractivity contribution in [2.24, 2.45) is 11.7 Å². The van der Waals surface area contributed by atoms with Gasteiger partial charge < -0.3 is 20.1 Å². The van der Waals surface area contributed by atoms with Gasteiger partial charge in [0.25, 0.3) is 0 Å². The minimum atomic E-state index is -0.380. The fraction of sp³-hybridized carbons (Fsp3) is 0.583. The second-order valence-corrected chi connectivity index (χ2v) is 9.15. The molecule has 166 valence electrons. The lowest BCUT2D eigenvalue weighted by Gasteiger charge is -2.44. The Morgan fingerprint density at radius 2 is 2.00 bits per heavy atom. The smallest absolute Gasteiger partial charge is 0.225 e. The van der Waals surface area contributed by atoms with Gasteiger partial charge >= 0.3 is 0 Å². The summed E-state index contributed by atoms with van der Waals surface area (Å²) in [5.74, 6) is 0.251. The molecule has 31 heavy (non-hydrogen) atoms. The van der Waals surface area contributed by atoms with E-state index in [2.05, 4.69) is 18.3 Å². The Morgan fingerprint density at radius 1 is 1.23 bits per heavy atom. The summed E-state index contributed by atoms with van der Waals surface area (Å²) in [5, 5.41) is 4.94. The number of aromatic nitrogens is 2. The Labute approximate surface area is 183 Å². The number of nitrogens with zero attached hydrogens (tertiary/aromatic N) is 3. The highest BCUT2D eigenvalue weighted by Crippen LogP contribution is 2.41. The number of nitrogens with two attached hydrogens (primary N) is 1. The molecule has 2 fully saturated rings. The van der Waals surface area contributed by atoms with Gasteiger partial charge in [-0.1, -0.05) is 18.2 Å². The average Bonchev–Trinajstić information content (AvgIpc) is 3.26. The maximum atomic E-state index is 13.2. The third-order valence-electron chi connectivity index (χ3n) is 7.36. The number of hydrogen-bond donors (Lipinski definition) is 1. The van der Waals surface area contributed by atoms with Gasteiger partial charge in [-0.3, -0.25) is 4.79 Å². The van der Waals surface area contributed by atoms with E-state index in [0.29, 0.717) is 26.1 Å². The van der Waals surface area contributed by atoms with Crippen LogP contribution in [0, 0.1) is 5.92 Å². The van der Waals surface area contributed by atoms with Gasteiger partial charge in [0, 0.05) is 38.4 Å². The van der Waals surface area contributed by atoms with E-state index in [9.17, 15) is 4.79 Å². The monoisotopic (exact) mass is 424 g/mol. The van der Waals surface area contributed by atoms with Crippen LogP contribution < -0.4 is 5.73 Å². The van der Waals surface area contributed by atoms with Crippen LogP contribution in [0.5, 0.6) is 0 Å². The number of fused-ring (bicyclic) bond motifs is 2. The minimum absolute atomic E-state index is 0.00979. The van der Waals surface area contributed by atoms with E-state index in [1.54, 1.807) is 7.11 Å². The van der Waals surface area contributed by atoms with E-state index in [0.717, 1.165) is 43.5 Å². The predicted molar refractivity (Wildman–Crippen MR) is 117 cm³/mol. The molecule has 0 radical (unpaired) electrons. The van der Waals surface area contributed by atoms with Crippen molar-refractivity contribution < 1.29 is 14.3 Å². The molecular weight excluding hydrogens is 392 g/mol.